The van der Waals surface area contributed by atoms with Crippen molar-refractivity contribution in [1.29, 1.82) is 0 Å². The summed E-state index contributed by atoms with van der Waals surface area (Å²) in [4.78, 5) is 8.93. The maximum atomic E-state index is 5.74. The van der Waals surface area contributed by atoms with Gasteiger partial charge in [-0.15, -0.1) is 0 Å². The third-order valence-electron chi connectivity index (χ3n) is 2.70. The van der Waals surface area contributed by atoms with Gasteiger partial charge in [-0.25, -0.2) is 4.98 Å². The van der Waals surface area contributed by atoms with Crippen molar-refractivity contribution in [1.82, 2.24) is 19.7 Å². The molecular formula is C14H21N5O. The second-order valence-corrected chi connectivity index (χ2v) is 4.98. The summed E-state index contributed by atoms with van der Waals surface area (Å²) in [5.74, 6) is 3.02. The van der Waals surface area contributed by atoms with Gasteiger partial charge < -0.3 is 10.1 Å². The minimum atomic E-state index is 0.245. The summed E-state index contributed by atoms with van der Waals surface area (Å²) in [5, 5.41) is 7.34. The number of hydrogen-bond donors (Lipinski definition) is 1. The normalized spacial score (nSPS) is 10.8. The minimum absolute atomic E-state index is 0.245. The predicted octanol–water partition coefficient (Wildman–Crippen LogP) is 2.95. The van der Waals surface area contributed by atoms with E-state index in [4.69, 9.17) is 4.74 Å². The molecule has 0 saturated carbocycles. The van der Waals surface area contributed by atoms with Crippen LogP contribution in [0.5, 0.6) is 11.6 Å². The molecule has 0 unspecified atom stereocenters. The third-order valence-corrected chi connectivity index (χ3v) is 2.70. The molecule has 0 aliphatic rings. The summed E-state index contributed by atoms with van der Waals surface area (Å²) >= 11 is 0. The van der Waals surface area contributed by atoms with Crippen LogP contribution >= 0.6 is 0 Å². The van der Waals surface area contributed by atoms with E-state index in [-0.39, 0.29) is 5.92 Å². The van der Waals surface area contributed by atoms with Gasteiger partial charge in [0.2, 0.25) is 5.88 Å². The first kappa shape index (κ1) is 14.3. The van der Waals surface area contributed by atoms with Gasteiger partial charge in [0.15, 0.2) is 5.75 Å². The molecule has 1 N–H and O–H groups in total. The number of ether oxygens (including phenoxy) is 1. The molecule has 2 aromatic rings. The van der Waals surface area contributed by atoms with E-state index in [0.717, 1.165) is 24.6 Å². The Labute approximate surface area is 119 Å². The van der Waals surface area contributed by atoms with Crippen LogP contribution in [-0.2, 0) is 7.05 Å². The van der Waals surface area contributed by atoms with E-state index in [2.05, 4.69) is 41.2 Å². The molecule has 0 spiro atoms. The Morgan fingerprint density at radius 3 is 2.75 bits per heavy atom. The van der Waals surface area contributed by atoms with Gasteiger partial charge in [-0.3, -0.25) is 4.68 Å². The summed E-state index contributed by atoms with van der Waals surface area (Å²) in [7, 11) is 1.85. The van der Waals surface area contributed by atoms with E-state index in [1.54, 1.807) is 17.1 Å². The van der Waals surface area contributed by atoms with Crippen molar-refractivity contribution in [3.05, 3.63) is 24.3 Å². The molecule has 6 heteroatoms. The van der Waals surface area contributed by atoms with Crippen molar-refractivity contribution in [2.45, 2.75) is 33.1 Å². The van der Waals surface area contributed by atoms with Gasteiger partial charge in [-0.1, -0.05) is 20.8 Å². The van der Waals surface area contributed by atoms with Crippen LogP contribution in [0.3, 0.4) is 0 Å². The Balaban J connectivity index is 2.23. The fourth-order valence-electron chi connectivity index (χ4n) is 1.67. The van der Waals surface area contributed by atoms with E-state index in [1.807, 2.05) is 13.1 Å². The molecule has 2 aromatic heterocycles. The van der Waals surface area contributed by atoms with Crippen LogP contribution in [0.4, 0.5) is 5.82 Å². The molecule has 0 saturated heterocycles. The molecule has 20 heavy (non-hydrogen) atoms. The molecule has 0 radical (unpaired) electrons. The van der Waals surface area contributed by atoms with Crippen molar-refractivity contribution >= 4 is 5.82 Å². The second-order valence-electron chi connectivity index (χ2n) is 4.98. The molecule has 0 bridgehead atoms. The molecule has 0 aliphatic carbocycles. The molecule has 2 rings (SSSR count). The average molecular weight is 275 g/mol. The van der Waals surface area contributed by atoms with E-state index in [1.165, 1.54) is 0 Å². The van der Waals surface area contributed by atoms with Gasteiger partial charge in [-0.05, 0) is 6.42 Å². The van der Waals surface area contributed by atoms with Crippen molar-refractivity contribution in [2.24, 2.45) is 7.05 Å². The van der Waals surface area contributed by atoms with Crippen LogP contribution in [0, 0.1) is 0 Å². The molecule has 0 amide bonds. The Bertz CT molecular complexity index is 564. The highest BCUT2D eigenvalue weighted by atomic mass is 16.5. The largest absolute Gasteiger partial charge is 0.436 e. The summed E-state index contributed by atoms with van der Waals surface area (Å²) in [6, 6.07) is 1.81. The Kier molecular flexibility index (Phi) is 4.55. The second kappa shape index (κ2) is 6.36. The number of nitrogens with one attached hydrogen (secondary N) is 1. The number of hydrogen-bond acceptors (Lipinski definition) is 5. The number of nitrogens with zero attached hydrogens (tertiary/aromatic N) is 4. The maximum Gasteiger partial charge on any atom is 0.224 e. The van der Waals surface area contributed by atoms with Crippen molar-refractivity contribution < 1.29 is 4.74 Å². The highest BCUT2D eigenvalue weighted by molar-refractivity contribution is 5.40. The first-order valence-electron chi connectivity index (χ1n) is 6.88. The number of aromatic nitrogens is 4. The van der Waals surface area contributed by atoms with Crippen LogP contribution in [0.1, 0.15) is 38.9 Å². The number of rotatable bonds is 6. The fourth-order valence-corrected chi connectivity index (χ4v) is 1.67. The van der Waals surface area contributed by atoms with Crippen LogP contribution < -0.4 is 10.1 Å². The SMILES string of the molecule is CCCNc1cc(Oc2cnn(C)c2)nc(C(C)C)n1. The van der Waals surface area contributed by atoms with Gasteiger partial charge in [-0.2, -0.15) is 10.1 Å². The zero-order valence-corrected chi connectivity index (χ0v) is 12.4. The number of aryl methyl sites for hydroxylation is 1. The Morgan fingerprint density at radius 1 is 1.35 bits per heavy atom. The fraction of sp³-hybridized carbons (Fsp3) is 0.500. The third kappa shape index (κ3) is 3.69. The van der Waals surface area contributed by atoms with E-state index >= 15 is 0 Å². The molecule has 2 heterocycles. The lowest BCUT2D eigenvalue weighted by atomic mass is 10.2. The standard InChI is InChI=1S/C14H21N5O/c1-5-6-15-12-7-13(18-14(17-12)10(2)3)20-11-8-16-19(4)9-11/h7-10H,5-6H2,1-4H3,(H,15,17,18). The molecule has 0 aliphatic heterocycles. The van der Waals surface area contributed by atoms with Crippen LogP contribution in [0.25, 0.3) is 0 Å². The van der Waals surface area contributed by atoms with Crippen LogP contribution in [0.15, 0.2) is 18.5 Å². The molecule has 0 atom stereocenters. The predicted molar refractivity (Wildman–Crippen MR) is 78.2 cm³/mol. The molecule has 108 valence electrons. The van der Waals surface area contributed by atoms with Crippen molar-refractivity contribution in [3.8, 4) is 11.6 Å². The number of anilines is 1. The van der Waals surface area contributed by atoms with Crippen molar-refractivity contribution in [2.75, 3.05) is 11.9 Å². The lowest BCUT2D eigenvalue weighted by Gasteiger charge is -2.11. The zero-order chi connectivity index (χ0) is 14.5. The first-order chi connectivity index (χ1) is 9.58. The lowest BCUT2D eigenvalue weighted by Crippen LogP contribution is -2.07. The van der Waals surface area contributed by atoms with E-state index in [0.29, 0.717) is 11.6 Å². The monoisotopic (exact) mass is 275 g/mol. The first-order valence-corrected chi connectivity index (χ1v) is 6.88. The van der Waals surface area contributed by atoms with E-state index in [9.17, 15) is 0 Å². The van der Waals surface area contributed by atoms with Gasteiger partial charge in [0.05, 0.1) is 12.4 Å². The summed E-state index contributed by atoms with van der Waals surface area (Å²) in [5.41, 5.74) is 0. The lowest BCUT2D eigenvalue weighted by molar-refractivity contribution is 0.456. The summed E-state index contributed by atoms with van der Waals surface area (Å²) in [6.07, 6.45) is 4.51. The van der Waals surface area contributed by atoms with Gasteiger partial charge in [0, 0.05) is 25.6 Å². The minimum Gasteiger partial charge on any atom is -0.436 e. The van der Waals surface area contributed by atoms with E-state index < -0.39 is 0 Å². The highest BCUT2D eigenvalue weighted by Crippen LogP contribution is 2.23. The maximum absolute atomic E-state index is 5.74. The Hall–Kier alpha value is -2.11. The summed E-state index contributed by atoms with van der Waals surface area (Å²) in [6.45, 7) is 7.12. The molecule has 0 fully saturated rings. The topological polar surface area (TPSA) is 64.9 Å². The smallest absolute Gasteiger partial charge is 0.224 e. The van der Waals surface area contributed by atoms with Crippen molar-refractivity contribution in [3.63, 3.8) is 0 Å². The molecule has 0 aromatic carbocycles. The summed E-state index contributed by atoms with van der Waals surface area (Å²) < 4.78 is 7.43. The van der Waals surface area contributed by atoms with Crippen LogP contribution in [0.2, 0.25) is 0 Å². The quantitative estimate of drug-likeness (QED) is 0.878. The molecule has 6 nitrogen and oxygen atoms in total. The van der Waals surface area contributed by atoms with Gasteiger partial charge >= 0.3 is 0 Å². The zero-order valence-electron chi connectivity index (χ0n) is 12.4. The van der Waals surface area contributed by atoms with Crippen LogP contribution in [-0.4, -0.2) is 26.3 Å². The highest BCUT2D eigenvalue weighted by Gasteiger charge is 2.10. The average Bonchev–Trinajstić information content (AvgIpc) is 2.81. The molecular weight excluding hydrogens is 254 g/mol. The van der Waals surface area contributed by atoms with Gasteiger partial charge in [0.25, 0.3) is 0 Å². The Morgan fingerprint density at radius 2 is 2.15 bits per heavy atom. The van der Waals surface area contributed by atoms with Gasteiger partial charge in [0.1, 0.15) is 11.6 Å².